The molecule has 2 heterocycles. The van der Waals surface area contributed by atoms with Crippen molar-refractivity contribution in [2.24, 2.45) is 0 Å². The number of nitrogens with one attached hydrogen (secondary N) is 3. The summed E-state index contributed by atoms with van der Waals surface area (Å²) in [6.45, 7) is 0. The van der Waals surface area contributed by atoms with Crippen molar-refractivity contribution in [2.45, 2.75) is 31.7 Å². The lowest BCUT2D eigenvalue weighted by atomic mass is 10.2. The van der Waals surface area contributed by atoms with Gasteiger partial charge in [0.2, 0.25) is 0 Å². The number of ether oxygens (including phenoxy) is 1. The molecule has 30 heavy (non-hydrogen) atoms. The molecule has 1 saturated carbocycles. The van der Waals surface area contributed by atoms with Crippen LogP contribution in [0.3, 0.4) is 0 Å². The number of rotatable bonds is 5. The Kier molecular flexibility index (Phi) is 5.74. The van der Waals surface area contributed by atoms with Crippen LogP contribution >= 0.6 is 0 Å². The number of hydrogen-bond donors (Lipinski definition) is 3. The molecule has 1 aromatic carbocycles. The lowest BCUT2D eigenvalue weighted by Crippen LogP contribution is -2.36. The Labute approximate surface area is 174 Å². The highest BCUT2D eigenvalue weighted by molar-refractivity contribution is 6.04. The molecule has 3 amide bonds. The van der Waals surface area contributed by atoms with Gasteiger partial charge in [0.1, 0.15) is 11.6 Å². The topological polar surface area (TPSA) is 105 Å². The van der Waals surface area contributed by atoms with E-state index < -0.39 is 0 Å². The Hall–Kier alpha value is -3.68. The molecule has 4 rings (SSSR count). The molecule has 0 bridgehead atoms. The maximum atomic E-state index is 12.5. The van der Waals surface area contributed by atoms with Crippen LogP contribution in [-0.4, -0.2) is 35.1 Å². The maximum absolute atomic E-state index is 12.5. The Bertz CT molecular complexity index is 1060. The van der Waals surface area contributed by atoms with Crippen molar-refractivity contribution in [1.82, 2.24) is 15.3 Å². The molecule has 1 aliphatic carbocycles. The minimum absolute atomic E-state index is 0.229. The van der Waals surface area contributed by atoms with Gasteiger partial charge < -0.3 is 15.4 Å². The van der Waals surface area contributed by atoms with Crippen LogP contribution in [0.25, 0.3) is 11.0 Å². The summed E-state index contributed by atoms with van der Waals surface area (Å²) in [5, 5.41) is 8.55. The largest absolute Gasteiger partial charge is 0.497 e. The number of nitrogens with zero attached hydrogens (tertiary/aromatic N) is 2. The number of methoxy groups -OCH3 is 1. The first kappa shape index (κ1) is 19.6. The van der Waals surface area contributed by atoms with Crippen molar-refractivity contribution in [3.63, 3.8) is 0 Å². The number of amides is 3. The number of carbonyl (C=O) groups is 2. The standard InChI is InChI=1S/C22H23N5O3/c1-30-17-8-6-14(7-9-17)21(28)24-16-12-19-18(23-13-16)10-11-20(26-19)27-22(29)25-15-4-2-3-5-15/h6-13,15H,2-5H2,1H3,(H,24,28)(H2,25,26,27,29). The number of pyridine rings is 2. The van der Waals surface area contributed by atoms with Gasteiger partial charge in [-0.05, 0) is 55.3 Å². The summed E-state index contributed by atoms with van der Waals surface area (Å²) in [5.74, 6) is 0.850. The van der Waals surface area contributed by atoms with Crippen molar-refractivity contribution in [3.8, 4) is 5.75 Å². The van der Waals surface area contributed by atoms with Gasteiger partial charge in [-0.15, -0.1) is 0 Å². The molecule has 0 unspecified atom stereocenters. The van der Waals surface area contributed by atoms with Crippen LogP contribution in [0.1, 0.15) is 36.0 Å². The first-order valence-electron chi connectivity index (χ1n) is 9.90. The van der Waals surface area contributed by atoms with Gasteiger partial charge in [-0.1, -0.05) is 12.8 Å². The lowest BCUT2D eigenvalue weighted by Gasteiger charge is -2.13. The summed E-state index contributed by atoms with van der Waals surface area (Å²) >= 11 is 0. The fraction of sp³-hybridized carbons (Fsp3) is 0.273. The number of urea groups is 1. The zero-order valence-corrected chi connectivity index (χ0v) is 16.6. The number of carbonyl (C=O) groups excluding carboxylic acids is 2. The third-order valence-electron chi connectivity index (χ3n) is 5.08. The summed E-state index contributed by atoms with van der Waals surface area (Å²) in [7, 11) is 1.57. The second-order valence-electron chi connectivity index (χ2n) is 7.22. The van der Waals surface area contributed by atoms with Crippen LogP contribution in [-0.2, 0) is 0 Å². The molecule has 1 aliphatic rings. The fourth-order valence-corrected chi connectivity index (χ4v) is 3.50. The van der Waals surface area contributed by atoms with Crippen molar-refractivity contribution in [3.05, 3.63) is 54.2 Å². The molecule has 3 aromatic rings. The highest BCUT2D eigenvalue weighted by atomic mass is 16.5. The van der Waals surface area contributed by atoms with Gasteiger partial charge in [-0.2, -0.15) is 0 Å². The number of benzene rings is 1. The lowest BCUT2D eigenvalue weighted by molar-refractivity contribution is 0.102. The first-order chi connectivity index (χ1) is 14.6. The van der Waals surface area contributed by atoms with Crippen LogP contribution < -0.4 is 20.7 Å². The molecule has 0 spiro atoms. The molecule has 154 valence electrons. The Morgan fingerprint density at radius 1 is 1.00 bits per heavy atom. The van der Waals surface area contributed by atoms with Gasteiger partial charge >= 0.3 is 6.03 Å². The highest BCUT2D eigenvalue weighted by Gasteiger charge is 2.17. The minimum Gasteiger partial charge on any atom is -0.497 e. The molecule has 8 heteroatoms. The molecule has 0 saturated heterocycles. The molecule has 8 nitrogen and oxygen atoms in total. The SMILES string of the molecule is COc1ccc(C(=O)Nc2cnc3ccc(NC(=O)NC4CCCC4)nc3c2)cc1. The summed E-state index contributed by atoms with van der Waals surface area (Å²) in [5.41, 5.74) is 2.26. The Balaban J connectivity index is 1.45. The van der Waals surface area contributed by atoms with E-state index in [2.05, 4.69) is 25.9 Å². The van der Waals surface area contributed by atoms with Gasteiger partial charge in [-0.3, -0.25) is 15.1 Å². The van der Waals surface area contributed by atoms with Crippen LogP contribution in [0.2, 0.25) is 0 Å². The molecule has 0 atom stereocenters. The predicted octanol–water partition coefficient (Wildman–Crippen LogP) is 3.95. The summed E-state index contributed by atoms with van der Waals surface area (Å²) in [4.78, 5) is 33.4. The zero-order valence-electron chi connectivity index (χ0n) is 16.6. The zero-order chi connectivity index (χ0) is 20.9. The Morgan fingerprint density at radius 3 is 2.50 bits per heavy atom. The van der Waals surface area contributed by atoms with E-state index in [1.54, 1.807) is 55.8 Å². The van der Waals surface area contributed by atoms with Gasteiger partial charge in [0.15, 0.2) is 0 Å². The van der Waals surface area contributed by atoms with Crippen LogP contribution in [0, 0.1) is 0 Å². The molecular weight excluding hydrogens is 382 g/mol. The predicted molar refractivity (Wildman–Crippen MR) is 115 cm³/mol. The maximum Gasteiger partial charge on any atom is 0.320 e. The number of fused-ring (bicyclic) bond motifs is 1. The summed E-state index contributed by atoms with van der Waals surface area (Å²) < 4.78 is 5.11. The molecule has 0 radical (unpaired) electrons. The van der Waals surface area contributed by atoms with Crippen molar-refractivity contribution < 1.29 is 14.3 Å². The van der Waals surface area contributed by atoms with Crippen molar-refractivity contribution in [1.29, 1.82) is 0 Å². The van der Waals surface area contributed by atoms with Gasteiger partial charge in [0.05, 0.1) is 30.0 Å². The van der Waals surface area contributed by atoms with Gasteiger partial charge in [0.25, 0.3) is 5.91 Å². The first-order valence-corrected chi connectivity index (χ1v) is 9.90. The van der Waals surface area contributed by atoms with Crippen LogP contribution in [0.15, 0.2) is 48.7 Å². The smallest absolute Gasteiger partial charge is 0.320 e. The monoisotopic (exact) mass is 405 g/mol. The summed E-state index contributed by atoms with van der Waals surface area (Å²) in [6.07, 6.45) is 5.90. The average molecular weight is 405 g/mol. The third kappa shape index (κ3) is 4.65. The van der Waals surface area contributed by atoms with E-state index in [0.717, 1.165) is 25.7 Å². The molecule has 2 aromatic heterocycles. The van der Waals surface area contributed by atoms with Gasteiger partial charge in [0, 0.05) is 11.6 Å². The molecule has 1 fully saturated rings. The van der Waals surface area contributed by atoms with E-state index >= 15 is 0 Å². The Morgan fingerprint density at radius 2 is 1.77 bits per heavy atom. The van der Waals surface area contributed by atoms with E-state index in [1.165, 1.54) is 0 Å². The molecule has 0 aliphatic heterocycles. The van der Waals surface area contributed by atoms with Crippen LogP contribution in [0.5, 0.6) is 5.75 Å². The average Bonchev–Trinajstić information content (AvgIpc) is 3.26. The summed E-state index contributed by atoms with van der Waals surface area (Å²) in [6, 6.07) is 12.0. The fourth-order valence-electron chi connectivity index (χ4n) is 3.50. The van der Waals surface area contributed by atoms with Gasteiger partial charge in [-0.25, -0.2) is 9.78 Å². The van der Waals surface area contributed by atoms with Crippen LogP contribution in [0.4, 0.5) is 16.3 Å². The molecule has 3 N–H and O–H groups in total. The second kappa shape index (κ2) is 8.77. The number of anilines is 2. The van der Waals surface area contributed by atoms with E-state index in [-0.39, 0.29) is 18.0 Å². The van der Waals surface area contributed by atoms with E-state index in [1.807, 2.05) is 0 Å². The quantitative estimate of drug-likeness (QED) is 0.596. The van der Waals surface area contributed by atoms with E-state index in [9.17, 15) is 9.59 Å². The molecular formula is C22H23N5O3. The minimum atomic E-state index is -0.260. The highest BCUT2D eigenvalue weighted by Crippen LogP contribution is 2.20. The third-order valence-corrected chi connectivity index (χ3v) is 5.08. The van der Waals surface area contributed by atoms with Crippen molar-refractivity contribution in [2.75, 3.05) is 17.7 Å². The normalized spacial score (nSPS) is 13.8. The van der Waals surface area contributed by atoms with Crippen molar-refractivity contribution >= 4 is 34.5 Å². The van der Waals surface area contributed by atoms with E-state index in [0.29, 0.717) is 33.9 Å². The number of hydrogen-bond acceptors (Lipinski definition) is 5. The second-order valence-corrected chi connectivity index (χ2v) is 7.22. The number of aromatic nitrogens is 2. The van der Waals surface area contributed by atoms with E-state index in [4.69, 9.17) is 4.74 Å².